The Kier molecular flexibility index (Phi) is 3.34. The third-order valence-corrected chi connectivity index (χ3v) is 2.70. The highest BCUT2D eigenvalue weighted by molar-refractivity contribution is 6.35. The maximum Gasteiger partial charge on any atom is 0.299 e. The molecule has 0 saturated carbocycles. The first kappa shape index (κ1) is 13.2. The fourth-order valence-electron chi connectivity index (χ4n) is 1.43. The van der Waals surface area contributed by atoms with Gasteiger partial charge in [0.25, 0.3) is 5.69 Å². The van der Waals surface area contributed by atoms with Crippen LogP contribution in [0.5, 0.6) is 0 Å². The Balaban J connectivity index is 2.46. The van der Waals surface area contributed by atoms with E-state index in [2.05, 4.69) is 20.3 Å². The Morgan fingerprint density at radius 1 is 1.53 bits per heavy atom. The molecule has 2 aromatic heterocycles. The highest BCUT2D eigenvalue weighted by Gasteiger charge is 2.20. The number of carbonyl (C=O) groups is 1. The molecule has 0 unspecified atom stereocenters. The first-order chi connectivity index (χ1) is 8.90. The Bertz CT molecular complexity index is 666. The molecular formula is C10H10ClN5O3. The van der Waals surface area contributed by atoms with E-state index < -0.39 is 4.92 Å². The maximum absolute atomic E-state index is 11.5. The van der Waals surface area contributed by atoms with Gasteiger partial charge in [0.2, 0.25) is 11.9 Å². The van der Waals surface area contributed by atoms with E-state index in [-0.39, 0.29) is 39.6 Å². The van der Waals surface area contributed by atoms with Gasteiger partial charge in [0.05, 0.1) is 11.1 Å². The van der Waals surface area contributed by atoms with Gasteiger partial charge in [-0.3, -0.25) is 20.2 Å². The molecule has 100 valence electrons. The third kappa shape index (κ3) is 2.48. The number of halogens is 1. The molecule has 0 saturated heterocycles. The van der Waals surface area contributed by atoms with Crippen molar-refractivity contribution in [1.29, 1.82) is 0 Å². The van der Waals surface area contributed by atoms with Crippen LogP contribution in [0, 0.1) is 16.0 Å². The molecule has 2 heterocycles. The van der Waals surface area contributed by atoms with Gasteiger partial charge in [-0.25, -0.2) is 0 Å². The number of aromatic amines is 1. The van der Waals surface area contributed by atoms with Crippen LogP contribution in [0.1, 0.15) is 13.8 Å². The molecule has 0 bridgehead atoms. The second kappa shape index (κ2) is 4.81. The number of anilines is 1. The summed E-state index contributed by atoms with van der Waals surface area (Å²) in [6, 6.07) is 0. The van der Waals surface area contributed by atoms with Gasteiger partial charge < -0.3 is 4.98 Å². The molecule has 19 heavy (non-hydrogen) atoms. The first-order valence-electron chi connectivity index (χ1n) is 5.40. The number of hydrogen-bond acceptors (Lipinski definition) is 5. The van der Waals surface area contributed by atoms with Crippen molar-refractivity contribution >= 4 is 40.2 Å². The van der Waals surface area contributed by atoms with Gasteiger partial charge in [-0.1, -0.05) is 25.4 Å². The molecule has 0 aliphatic carbocycles. The molecule has 0 spiro atoms. The van der Waals surface area contributed by atoms with E-state index in [0.717, 1.165) is 0 Å². The van der Waals surface area contributed by atoms with Crippen molar-refractivity contribution in [3.05, 3.63) is 21.5 Å². The fraction of sp³-hybridized carbons (Fsp3) is 0.300. The van der Waals surface area contributed by atoms with Crippen molar-refractivity contribution in [2.75, 3.05) is 5.32 Å². The minimum absolute atomic E-state index is 0.00736. The Labute approximate surface area is 112 Å². The smallest absolute Gasteiger partial charge is 0.299 e. The van der Waals surface area contributed by atoms with E-state index in [1.54, 1.807) is 13.8 Å². The predicted octanol–water partition coefficient (Wildman–Crippen LogP) is 2.11. The Morgan fingerprint density at radius 3 is 2.79 bits per heavy atom. The third-order valence-electron chi connectivity index (χ3n) is 2.42. The molecule has 0 aliphatic heterocycles. The number of nitro groups is 1. The van der Waals surface area contributed by atoms with E-state index in [1.807, 2.05) is 0 Å². The SMILES string of the molecule is CC(C)C(=O)Nc1nc(Cl)c2c([N+](=O)[O-])c[nH]c2n1. The zero-order valence-corrected chi connectivity index (χ0v) is 10.9. The Morgan fingerprint density at radius 2 is 2.21 bits per heavy atom. The van der Waals surface area contributed by atoms with Crippen LogP contribution in [0.3, 0.4) is 0 Å². The number of aromatic nitrogens is 3. The molecule has 0 radical (unpaired) electrons. The van der Waals surface area contributed by atoms with E-state index >= 15 is 0 Å². The van der Waals surface area contributed by atoms with Gasteiger partial charge in [0.15, 0.2) is 10.8 Å². The summed E-state index contributed by atoms with van der Waals surface area (Å²) in [5, 5.41) is 13.3. The predicted molar refractivity (Wildman–Crippen MR) is 69.0 cm³/mol. The van der Waals surface area contributed by atoms with Crippen LogP contribution in [-0.2, 0) is 4.79 Å². The molecule has 0 atom stereocenters. The number of amides is 1. The second-order valence-electron chi connectivity index (χ2n) is 4.14. The van der Waals surface area contributed by atoms with E-state index in [9.17, 15) is 14.9 Å². The summed E-state index contributed by atoms with van der Waals surface area (Å²) in [4.78, 5) is 32.2. The van der Waals surface area contributed by atoms with Gasteiger partial charge in [-0.05, 0) is 0 Å². The van der Waals surface area contributed by atoms with Crippen molar-refractivity contribution in [1.82, 2.24) is 15.0 Å². The summed E-state index contributed by atoms with van der Waals surface area (Å²) in [5.74, 6) is -0.500. The van der Waals surface area contributed by atoms with Crippen molar-refractivity contribution in [3.63, 3.8) is 0 Å². The molecule has 0 aromatic carbocycles. The molecule has 1 amide bonds. The van der Waals surface area contributed by atoms with E-state index in [1.165, 1.54) is 6.20 Å². The quantitative estimate of drug-likeness (QED) is 0.509. The topological polar surface area (TPSA) is 114 Å². The molecule has 2 N–H and O–H groups in total. The summed E-state index contributed by atoms with van der Waals surface area (Å²) in [6.07, 6.45) is 1.18. The van der Waals surface area contributed by atoms with Gasteiger partial charge in [-0.15, -0.1) is 0 Å². The van der Waals surface area contributed by atoms with Crippen LogP contribution in [-0.4, -0.2) is 25.8 Å². The number of fused-ring (bicyclic) bond motifs is 1. The number of hydrogen-bond donors (Lipinski definition) is 2. The number of carbonyl (C=O) groups excluding carboxylic acids is 1. The fourth-order valence-corrected chi connectivity index (χ4v) is 1.69. The summed E-state index contributed by atoms with van der Waals surface area (Å²) in [7, 11) is 0. The molecule has 2 rings (SSSR count). The average Bonchev–Trinajstić information content (AvgIpc) is 2.73. The summed E-state index contributed by atoms with van der Waals surface area (Å²) < 4.78 is 0. The van der Waals surface area contributed by atoms with E-state index in [4.69, 9.17) is 11.6 Å². The van der Waals surface area contributed by atoms with Crippen molar-refractivity contribution in [2.45, 2.75) is 13.8 Å². The normalized spacial score (nSPS) is 10.9. The lowest BCUT2D eigenvalue weighted by molar-refractivity contribution is -0.383. The van der Waals surface area contributed by atoms with Crippen molar-refractivity contribution in [3.8, 4) is 0 Å². The van der Waals surface area contributed by atoms with Crippen LogP contribution in [0.15, 0.2) is 6.20 Å². The number of H-pyrrole nitrogens is 1. The van der Waals surface area contributed by atoms with Gasteiger partial charge >= 0.3 is 0 Å². The molecule has 8 nitrogen and oxygen atoms in total. The second-order valence-corrected chi connectivity index (χ2v) is 4.49. The lowest BCUT2D eigenvalue weighted by atomic mass is 10.2. The first-order valence-corrected chi connectivity index (χ1v) is 5.77. The molecule has 0 fully saturated rings. The molecular weight excluding hydrogens is 274 g/mol. The van der Waals surface area contributed by atoms with Crippen LogP contribution in [0.25, 0.3) is 11.0 Å². The highest BCUT2D eigenvalue weighted by Crippen LogP contribution is 2.30. The zero-order valence-electron chi connectivity index (χ0n) is 10.1. The summed E-state index contributed by atoms with van der Waals surface area (Å²) in [5.41, 5.74) is -0.00695. The number of nitrogens with zero attached hydrogens (tertiary/aromatic N) is 3. The van der Waals surface area contributed by atoms with Gasteiger partial charge in [0.1, 0.15) is 5.39 Å². The van der Waals surface area contributed by atoms with Crippen LogP contribution < -0.4 is 5.32 Å². The standard InChI is InChI=1S/C10H10ClN5O3/c1-4(2)9(17)15-10-13-7(11)6-5(16(18)19)3-12-8(6)14-10/h3-4H,1-2H3,(H2,12,13,14,15,17). The minimum Gasteiger partial charge on any atom is -0.340 e. The molecule has 2 aromatic rings. The summed E-state index contributed by atoms with van der Waals surface area (Å²) >= 11 is 5.89. The summed E-state index contributed by atoms with van der Waals surface area (Å²) in [6.45, 7) is 3.43. The minimum atomic E-state index is -0.583. The zero-order chi connectivity index (χ0) is 14.2. The highest BCUT2D eigenvalue weighted by atomic mass is 35.5. The van der Waals surface area contributed by atoms with Gasteiger partial charge in [-0.2, -0.15) is 9.97 Å². The Hall–Kier alpha value is -2.22. The van der Waals surface area contributed by atoms with E-state index in [0.29, 0.717) is 0 Å². The molecule has 9 heteroatoms. The monoisotopic (exact) mass is 283 g/mol. The lowest BCUT2D eigenvalue weighted by Gasteiger charge is -2.06. The lowest BCUT2D eigenvalue weighted by Crippen LogP contribution is -2.19. The average molecular weight is 284 g/mol. The van der Waals surface area contributed by atoms with Crippen molar-refractivity contribution in [2.24, 2.45) is 5.92 Å². The maximum atomic E-state index is 11.5. The number of rotatable bonds is 3. The van der Waals surface area contributed by atoms with Crippen LogP contribution in [0.2, 0.25) is 5.15 Å². The van der Waals surface area contributed by atoms with Crippen LogP contribution in [0.4, 0.5) is 11.6 Å². The van der Waals surface area contributed by atoms with Gasteiger partial charge in [0, 0.05) is 5.92 Å². The number of nitrogens with one attached hydrogen (secondary N) is 2. The largest absolute Gasteiger partial charge is 0.340 e. The van der Waals surface area contributed by atoms with Crippen LogP contribution >= 0.6 is 11.6 Å². The molecule has 0 aliphatic rings. The van der Waals surface area contributed by atoms with Crippen molar-refractivity contribution < 1.29 is 9.72 Å².